The summed E-state index contributed by atoms with van der Waals surface area (Å²) in [6, 6.07) is 6.23. The maximum Gasteiger partial charge on any atom is 0.122 e. The van der Waals surface area contributed by atoms with E-state index < -0.39 is 5.60 Å². The second kappa shape index (κ2) is 5.07. The van der Waals surface area contributed by atoms with Crippen LogP contribution in [-0.2, 0) is 12.8 Å². The molecule has 17 heavy (non-hydrogen) atoms. The van der Waals surface area contributed by atoms with E-state index in [1.165, 1.54) is 5.56 Å². The van der Waals surface area contributed by atoms with E-state index >= 15 is 0 Å². The van der Waals surface area contributed by atoms with E-state index in [0.29, 0.717) is 13.0 Å². The van der Waals surface area contributed by atoms with Gasteiger partial charge in [0, 0.05) is 13.0 Å². The van der Waals surface area contributed by atoms with Gasteiger partial charge >= 0.3 is 0 Å². The number of nitrogens with one attached hydrogen (secondary N) is 1. The van der Waals surface area contributed by atoms with Crippen LogP contribution in [0.5, 0.6) is 5.75 Å². The van der Waals surface area contributed by atoms with Gasteiger partial charge in [-0.1, -0.05) is 19.1 Å². The van der Waals surface area contributed by atoms with Crippen molar-refractivity contribution in [2.45, 2.75) is 31.8 Å². The minimum atomic E-state index is -0.611. The molecule has 0 aromatic heterocycles. The first kappa shape index (κ1) is 12.4. The topological polar surface area (TPSA) is 41.5 Å². The van der Waals surface area contributed by atoms with Crippen molar-refractivity contribution in [1.29, 1.82) is 0 Å². The zero-order valence-electron chi connectivity index (χ0n) is 10.6. The summed E-state index contributed by atoms with van der Waals surface area (Å²) in [6.07, 6.45) is 2.48. The number of aliphatic hydroxyl groups is 1. The summed E-state index contributed by atoms with van der Waals surface area (Å²) >= 11 is 0. The quantitative estimate of drug-likeness (QED) is 0.831. The maximum atomic E-state index is 10.4. The highest BCUT2D eigenvalue weighted by Gasteiger charge is 2.32. The van der Waals surface area contributed by atoms with Crippen LogP contribution < -0.4 is 10.1 Å². The molecule has 94 valence electrons. The number of hydrogen-bond donors (Lipinski definition) is 2. The van der Waals surface area contributed by atoms with Gasteiger partial charge in [0.25, 0.3) is 0 Å². The van der Waals surface area contributed by atoms with E-state index in [4.69, 9.17) is 4.74 Å². The normalized spacial score (nSPS) is 23.9. The third-order valence-electron chi connectivity index (χ3n) is 3.49. The first-order valence-corrected chi connectivity index (χ1v) is 6.26. The zero-order chi connectivity index (χ0) is 12.3. The molecule has 1 atom stereocenters. The lowest BCUT2D eigenvalue weighted by Crippen LogP contribution is -2.33. The number of ether oxygens (including phenoxy) is 1. The number of rotatable bonds is 4. The molecule has 0 radical (unpaired) electrons. The predicted molar refractivity (Wildman–Crippen MR) is 68.5 cm³/mol. The fourth-order valence-electron chi connectivity index (χ4n) is 2.43. The molecule has 0 spiro atoms. The van der Waals surface area contributed by atoms with Crippen LogP contribution in [0.4, 0.5) is 0 Å². The molecule has 0 saturated carbocycles. The molecule has 1 fully saturated rings. The Morgan fingerprint density at radius 2 is 2.29 bits per heavy atom. The van der Waals surface area contributed by atoms with Gasteiger partial charge in [0.2, 0.25) is 0 Å². The van der Waals surface area contributed by atoms with Crippen molar-refractivity contribution in [3.8, 4) is 5.75 Å². The van der Waals surface area contributed by atoms with Crippen LogP contribution in [0.2, 0.25) is 0 Å². The van der Waals surface area contributed by atoms with Gasteiger partial charge in [0.1, 0.15) is 5.75 Å². The number of benzene rings is 1. The van der Waals surface area contributed by atoms with Gasteiger partial charge in [-0.05, 0) is 36.6 Å². The lowest BCUT2D eigenvalue weighted by Gasteiger charge is -2.22. The number of methoxy groups -OCH3 is 1. The number of hydrogen-bond acceptors (Lipinski definition) is 3. The molecule has 1 aliphatic rings. The van der Waals surface area contributed by atoms with Gasteiger partial charge in [-0.25, -0.2) is 0 Å². The molecular formula is C14H21NO2. The first-order chi connectivity index (χ1) is 8.17. The van der Waals surface area contributed by atoms with E-state index in [9.17, 15) is 5.11 Å². The molecule has 1 heterocycles. The fourth-order valence-corrected chi connectivity index (χ4v) is 2.43. The van der Waals surface area contributed by atoms with E-state index in [2.05, 4.69) is 24.4 Å². The lowest BCUT2D eigenvalue weighted by atomic mass is 9.92. The highest BCUT2D eigenvalue weighted by Crippen LogP contribution is 2.27. The molecular weight excluding hydrogens is 214 g/mol. The third kappa shape index (κ3) is 2.79. The lowest BCUT2D eigenvalue weighted by molar-refractivity contribution is 0.0612. The van der Waals surface area contributed by atoms with Crippen LogP contribution in [0.3, 0.4) is 0 Å². The molecule has 1 unspecified atom stereocenters. The Kier molecular flexibility index (Phi) is 3.69. The van der Waals surface area contributed by atoms with E-state index in [-0.39, 0.29) is 0 Å². The molecule has 1 aromatic rings. The Labute approximate surface area is 103 Å². The Hall–Kier alpha value is -1.06. The number of aryl methyl sites for hydroxylation is 1. The van der Waals surface area contributed by atoms with Crippen LogP contribution in [0.1, 0.15) is 24.5 Å². The molecule has 0 bridgehead atoms. The molecule has 3 heteroatoms. The van der Waals surface area contributed by atoms with Gasteiger partial charge in [-0.2, -0.15) is 0 Å². The molecule has 3 nitrogen and oxygen atoms in total. The van der Waals surface area contributed by atoms with Crippen molar-refractivity contribution in [2.24, 2.45) is 0 Å². The summed E-state index contributed by atoms with van der Waals surface area (Å²) in [5.41, 5.74) is 1.79. The van der Waals surface area contributed by atoms with Crippen molar-refractivity contribution >= 4 is 0 Å². The largest absolute Gasteiger partial charge is 0.496 e. The standard InChI is InChI=1S/C14H21NO2/c1-3-11-4-5-13(17-2)12(8-11)9-14(16)6-7-15-10-14/h4-5,8,15-16H,3,6-7,9-10H2,1-2H3. The van der Waals surface area contributed by atoms with E-state index in [1.807, 2.05) is 6.07 Å². The van der Waals surface area contributed by atoms with E-state index in [0.717, 1.165) is 30.7 Å². The molecule has 2 rings (SSSR count). The molecule has 2 N–H and O–H groups in total. The van der Waals surface area contributed by atoms with Gasteiger partial charge in [0.15, 0.2) is 0 Å². The first-order valence-electron chi connectivity index (χ1n) is 6.26. The second-order valence-electron chi connectivity index (χ2n) is 4.83. The minimum absolute atomic E-state index is 0.611. The smallest absolute Gasteiger partial charge is 0.122 e. The summed E-state index contributed by atoms with van der Waals surface area (Å²) in [6.45, 7) is 3.70. The van der Waals surface area contributed by atoms with Crippen LogP contribution in [0.25, 0.3) is 0 Å². The predicted octanol–water partition coefficient (Wildman–Crippen LogP) is 1.52. The Morgan fingerprint density at radius 1 is 1.47 bits per heavy atom. The summed E-state index contributed by atoms with van der Waals surface area (Å²) < 4.78 is 5.37. The average molecular weight is 235 g/mol. The molecule has 0 aliphatic carbocycles. The van der Waals surface area contributed by atoms with Gasteiger partial charge in [-0.3, -0.25) is 0 Å². The van der Waals surface area contributed by atoms with Crippen LogP contribution in [-0.4, -0.2) is 30.9 Å². The molecule has 1 saturated heterocycles. The van der Waals surface area contributed by atoms with Crippen LogP contribution >= 0.6 is 0 Å². The second-order valence-corrected chi connectivity index (χ2v) is 4.83. The van der Waals surface area contributed by atoms with Crippen molar-refractivity contribution in [3.05, 3.63) is 29.3 Å². The van der Waals surface area contributed by atoms with Gasteiger partial charge in [0.05, 0.1) is 12.7 Å². The zero-order valence-corrected chi connectivity index (χ0v) is 10.6. The van der Waals surface area contributed by atoms with Crippen LogP contribution in [0, 0.1) is 0 Å². The average Bonchev–Trinajstić information content (AvgIpc) is 2.75. The fraction of sp³-hybridized carbons (Fsp3) is 0.571. The van der Waals surface area contributed by atoms with Crippen molar-refractivity contribution < 1.29 is 9.84 Å². The molecule has 0 amide bonds. The summed E-state index contributed by atoms with van der Waals surface area (Å²) in [5, 5.41) is 13.6. The van der Waals surface area contributed by atoms with Crippen LogP contribution in [0.15, 0.2) is 18.2 Å². The minimum Gasteiger partial charge on any atom is -0.496 e. The van der Waals surface area contributed by atoms with Gasteiger partial charge in [-0.15, -0.1) is 0 Å². The van der Waals surface area contributed by atoms with Crippen molar-refractivity contribution in [1.82, 2.24) is 5.32 Å². The Balaban J connectivity index is 2.23. The summed E-state index contributed by atoms with van der Waals surface area (Å²) in [7, 11) is 1.68. The van der Waals surface area contributed by atoms with Crippen molar-refractivity contribution in [3.63, 3.8) is 0 Å². The Morgan fingerprint density at radius 3 is 2.88 bits per heavy atom. The SMILES string of the molecule is CCc1ccc(OC)c(CC2(O)CCNC2)c1. The summed E-state index contributed by atoms with van der Waals surface area (Å²) in [4.78, 5) is 0. The molecule has 1 aliphatic heterocycles. The Bertz CT molecular complexity index is 384. The van der Waals surface area contributed by atoms with Crippen molar-refractivity contribution in [2.75, 3.05) is 20.2 Å². The number of β-amino-alcohol motifs (C(OH)–C–C–N with tert-alkyl or cyclic N) is 1. The maximum absolute atomic E-state index is 10.4. The molecule has 1 aromatic carbocycles. The monoisotopic (exact) mass is 235 g/mol. The van der Waals surface area contributed by atoms with E-state index in [1.54, 1.807) is 7.11 Å². The summed E-state index contributed by atoms with van der Waals surface area (Å²) in [5.74, 6) is 0.877. The highest BCUT2D eigenvalue weighted by atomic mass is 16.5. The van der Waals surface area contributed by atoms with Gasteiger partial charge < -0.3 is 15.2 Å². The highest BCUT2D eigenvalue weighted by molar-refractivity contribution is 5.38. The third-order valence-corrected chi connectivity index (χ3v) is 3.49.